The number of benzene rings is 4. The summed E-state index contributed by atoms with van der Waals surface area (Å²) in [4.78, 5) is 0. The van der Waals surface area contributed by atoms with Crippen LogP contribution in [0.2, 0.25) is 0 Å². The average Bonchev–Trinajstić information content (AvgIpc) is 3.31. The zero-order chi connectivity index (χ0) is 25.9. The van der Waals surface area contributed by atoms with Gasteiger partial charge in [-0.2, -0.15) is 0 Å². The highest BCUT2D eigenvalue weighted by molar-refractivity contribution is 5.65. The molecule has 4 bridgehead atoms. The molecule has 192 valence electrons. The lowest BCUT2D eigenvalue weighted by atomic mass is 9.48. The highest BCUT2D eigenvalue weighted by Crippen LogP contribution is 2.66. The molecule has 6 aliphatic carbocycles. The summed E-state index contributed by atoms with van der Waals surface area (Å²) >= 11 is 0. The van der Waals surface area contributed by atoms with E-state index in [9.17, 15) is 0 Å². The van der Waals surface area contributed by atoms with Crippen molar-refractivity contribution in [1.29, 1.82) is 0 Å². The van der Waals surface area contributed by atoms with Gasteiger partial charge in [0, 0.05) is 5.92 Å². The van der Waals surface area contributed by atoms with Gasteiger partial charge in [0.15, 0.2) is 0 Å². The summed E-state index contributed by atoms with van der Waals surface area (Å²) in [7, 11) is 0. The van der Waals surface area contributed by atoms with Crippen molar-refractivity contribution >= 4 is 0 Å². The number of rotatable bonds is 6. The second-order valence-corrected chi connectivity index (χ2v) is 11.2. The molecule has 11 rings (SSSR count). The van der Waals surface area contributed by atoms with Crippen molar-refractivity contribution in [3.63, 3.8) is 0 Å². The summed E-state index contributed by atoms with van der Waals surface area (Å²) < 4.78 is 20.1. The molecule has 4 aromatic carbocycles. The summed E-state index contributed by atoms with van der Waals surface area (Å²) in [5.74, 6) is 2.01. The zero-order valence-electron chi connectivity index (χ0n) is 21.8. The minimum atomic E-state index is -0.418. The maximum atomic E-state index is 6.79. The molecular formula is C36H30O3. The van der Waals surface area contributed by atoms with Crippen LogP contribution in [0.5, 0.6) is 0 Å². The Morgan fingerprint density at radius 2 is 1.05 bits per heavy atom. The normalized spacial score (nSPS) is 27.4. The Hall–Kier alpha value is -4.08. The van der Waals surface area contributed by atoms with Crippen molar-refractivity contribution < 1.29 is 14.2 Å². The zero-order valence-corrected chi connectivity index (χ0v) is 21.8. The van der Waals surface area contributed by atoms with Crippen LogP contribution in [0.25, 0.3) is 0 Å². The van der Waals surface area contributed by atoms with Crippen LogP contribution in [0, 0.1) is 11.3 Å². The smallest absolute Gasteiger partial charge is 0.113 e. The maximum absolute atomic E-state index is 6.79. The van der Waals surface area contributed by atoms with E-state index in [0.717, 1.165) is 22.6 Å². The molecule has 3 heteroatoms. The molecule has 3 nitrogen and oxygen atoms in total. The Labute approximate surface area is 229 Å². The number of hydrogen-bond donors (Lipinski definition) is 0. The summed E-state index contributed by atoms with van der Waals surface area (Å²) in [6.07, 6.45) is 4.78. The fraction of sp³-hybridized carbons (Fsp3) is 0.222. The molecule has 0 N–H and O–H groups in total. The maximum Gasteiger partial charge on any atom is 0.113 e. The molecular weight excluding hydrogens is 480 g/mol. The van der Waals surface area contributed by atoms with Crippen LogP contribution < -0.4 is 0 Å². The Morgan fingerprint density at radius 1 is 0.564 bits per heavy atom. The molecule has 0 aromatic heterocycles. The van der Waals surface area contributed by atoms with Gasteiger partial charge in [-0.1, -0.05) is 109 Å². The lowest BCUT2D eigenvalue weighted by molar-refractivity contribution is 0.0927. The van der Waals surface area contributed by atoms with Crippen molar-refractivity contribution in [3.8, 4) is 0 Å². The van der Waals surface area contributed by atoms with Gasteiger partial charge < -0.3 is 14.2 Å². The van der Waals surface area contributed by atoms with Crippen LogP contribution in [-0.4, -0.2) is 13.2 Å². The molecule has 1 fully saturated rings. The number of ether oxygens (including phenoxy) is 3. The fourth-order valence-electron chi connectivity index (χ4n) is 7.55. The molecule has 1 aliphatic heterocycles. The van der Waals surface area contributed by atoms with Gasteiger partial charge in [0.1, 0.15) is 24.7 Å². The molecule has 0 radical (unpaired) electrons. The van der Waals surface area contributed by atoms with Gasteiger partial charge in [-0.3, -0.25) is 0 Å². The minimum absolute atomic E-state index is 0.0655. The first-order valence-electron chi connectivity index (χ1n) is 13.8. The second kappa shape index (κ2) is 8.72. The standard InChI is InChI=1S/C36H30O3/c1-3-11-25(12-4-1)21-38-31-19-35-20-32(39-22-26-13-5-2-6-14-26)34(31)33-27-15-7-9-17-29(27)36(35,24-37-23-35)30-18-10-8-16-28(30)33/h1-20,33-34H,21-24H2. The van der Waals surface area contributed by atoms with Crippen LogP contribution in [0.15, 0.2) is 133 Å². The molecule has 0 amide bonds. The van der Waals surface area contributed by atoms with Crippen LogP contribution in [-0.2, 0) is 32.8 Å². The van der Waals surface area contributed by atoms with Crippen molar-refractivity contribution in [2.75, 3.05) is 13.2 Å². The summed E-state index contributed by atoms with van der Waals surface area (Å²) in [5, 5.41) is 0. The van der Waals surface area contributed by atoms with Crippen LogP contribution in [0.1, 0.15) is 39.3 Å². The summed E-state index contributed by atoms with van der Waals surface area (Å²) in [5.41, 5.74) is 7.05. The van der Waals surface area contributed by atoms with Gasteiger partial charge in [-0.05, 0) is 45.5 Å². The molecule has 2 spiro atoms. The Balaban J connectivity index is 1.33. The largest absolute Gasteiger partial charge is 0.493 e. The van der Waals surface area contributed by atoms with Crippen LogP contribution in [0.4, 0.5) is 0 Å². The Kier molecular flexibility index (Phi) is 5.11. The molecule has 0 saturated carbocycles. The predicted molar refractivity (Wildman–Crippen MR) is 151 cm³/mol. The third-order valence-electron chi connectivity index (χ3n) is 9.21. The fourth-order valence-corrected chi connectivity index (χ4v) is 7.55. The van der Waals surface area contributed by atoms with E-state index in [1.807, 2.05) is 12.1 Å². The average molecular weight is 511 g/mol. The third kappa shape index (κ3) is 3.26. The van der Waals surface area contributed by atoms with E-state index in [-0.39, 0.29) is 17.3 Å². The molecule has 0 unspecified atom stereocenters. The lowest BCUT2D eigenvalue weighted by Gasteiger charge is -2.54. The molecule has 1 saturated heterocycles. The highest BCUT2D eigenvalue weighted by Gasteiger charge is 2.64. The van der Waals surface area contributed by atoms with E-state index in [1.165, 1.54) is 22.3 Å². The van der Waals surface area contributed by atoms with Crippen molar-refractivity contribution in [2.45, 2.75) is 24.5 Å². The topological polar surface area (TPSA) is 27.7 Å². The van der Waals surface area contributed by atoms with Crippen molar-refractivity contribution in [2.24, 2.45) is 11.3 Å². The monoisotopic (exact) mass is 510 g/mol. The highest BCUT2D eigenvalue weighted by atomic mass is 16.5. The lowest BCUT2D eigenvalue weighted by Crippen LogP contribution is -2.52. The third-order valence-corrected chi connectivity index (χ3v) is 9.21. The van der Waals surface area contributed by atoms with Crippen molar-refractivity contribution in [1.82, 2.24) is 0 Å². The van der Waals surface area contributed by atoms with E-state index < -0.39 is 5.41 Å². The van der Waals surface area contributed by atoms with E-state index >= 15 is 0 Å². The van der Waals surface area contributed by atoms with E-state index in [4.69, 9.17) is 14.2 Å². The number of hydrogen-bond acceptors (Lipinski definition) is 3. The SMILES string of the molecule is C1=C(OCc2ccccc2)C2C(OCc3ccccc3)=CC13COCC31c3ccccc3C2c2ccccc21. The summed E-state index contributed by atoms with van der Waals surface area (Å²) in [6, 6.07) is 38.8. The van der Waals surface area contributed by atoms with E-state index in [0.29, 0.717) is 26.4 Å². The van der Waals surface area contributed by atoms with Gasteiger partial charge in [0.05, 0.1) is 30.0 Å². The quantitative estimate of drug-likeness (QED) is 0.273. The molecule has 0 atom stereocenters. The van der Waals surface area contributed by atoms with Gasteiger partial charge >= 0.3 is 0 Å². The minimum Gasteiger partial charge on any atom is -0.493 e. The van der Waals surface area contributed by atoms with Gasteiger partial charge in [-0.25, -0.2) is 0 Å². The van der Waals surface area contributed by atoms with Crippen LogP contribution >= 0.6 is 0 Å². The first-order chi connectivity index (χ1) is 19.3. The van der Waals surface area contributed by atoms with E-state index in [1.54, 1.807) is 0 Å². The molecule has 39 heavy (non-hydrogen) atoms. The van der Waals surface area contributed by atoms with Crippen molar-refractivity contribution in [3.05, 3.63) is 166 Å². The first kappa shape index (κ1) is 22.9. The second-order valence-electron chi connectivity index (χ2n) is 11.2. The molecule has 1 heterocycles. The Morgan fingerprint density at radius 3 is 1.59 bits per heavy atom. The predicted octanol–water partition coefficient (Wildman–Crippen LogP) is 7.28. The first-order valence-corrected chi connectivity index (χ1v) is 13.8. The van der Waals surface area contributed by atoms with Crippen LogP contribution in [0.3, 0.4) is 0 Å². The van der Waals surface area contributed by atoms with E-state index in [2.05, 4.69) is 109 Å². The van der Waals surface area contributed by atoms with Gasteiger partial charge in [0.25, 0.3) is 0 Å². The van der Waals surface area contributed by atoms with Gasteiger partial charge in [0.2, 0.25) is 0 Å². The summed E-state index contributed by atoms with van der Waals surface area (Å²) in [6.45, 7) is 2.26. The molecule has 4 aromatic rings. The van der Waals surface area contributed by atoms with Gasteiger partial charge in [-0.15, -0.1) is 0 Å². The Bertz CT molecular complexity index is 1490. The molecule has 7 aliphatic rings.